The molecule has 8 heteroatoms. The minimum Gasteiger partial charge on any atom is -0.454 e. The van der Waals surface area contributed by atoms with Crippen LogP contribution in [0.3, 0.4) is 0 Å². The number of halogens is 1. The van der Waals surface area contributed by atoms with E-state index in [0.717, 1.165) is 5.39 Å². The molecule has 0 aliphatic heterocycles. The van der Waals surface area contributed by atoms with Gasteiger partial charge in [-0.15, -0.1) is 0 Å². The molecule has 4 aromatic rings. The molecule has 0 fully saturated rings. The van der Waals surface area contributed by atoms with Crippen molar-refractivity contribution in [2.75, 3.05) is 11.9 Å². The van der Waals surface area contributed by atoms with E-state index in [0.29, 0.717) is 38.9 Å². The summed E-state index contributed by atoms with van der Waals surface area (Å²) < 4.78 is 10.8. The van der Waals surface area contributed by atoms with Crippen molar-refractivity contribution >= 4 is 45.6 Å². The molecule has 7 nitrogen and oxygen atoms in total. The van der Waals surface area contributed by atoms with Crippen molar-refractivity contribution in [3.63, 3.8) is 0 Å². The number of nitrogens with zero attached hydrogens (tertiary/aromatic N) is 3. The van der Waals surface area contributed by atoms with Gasteiger partial charge in [-0.05, 0) is 44.2 Å². The maximum absolute atomic E-state index is 10.8. The molecule has 29 heavy (non-hydrogen) atoms. The van der Waals surface area contributed by atoms with Gasteiger partial charge in [0.05, 0.1) is 11.0 Å². The second kappa shape index (κ2) is 7.25. The average Bonchev–Trinajstić information content (AvgIpc) is 3.08. The monoisotopic (exact) mass is 411 g/mol. The van der Waals surface area contributed by atoms with E-state index in [4.69, 9.17) is 35.8 Å². The summed E-state index contributed by atoms with van der Waals surface area (Å²) >= 11 is 6.08. The molecule has 0 spiro atoms. The van der Waals surface area contributed by atoms with E-state index in [1.165, 1.54) is 0 Å². The fourth-order valence-corrected chi connectivity index (χ4v) is 3.13. The number of carbonyl (C=O) groups is 1. The van der Waals surface area contributed by atoms with Crippen LogP contribution in [0.4, 0.5) is 10.6 Å². The van der Waals surface area contributed by atoms with Crippen molar-refractivity contribution in [1.82, 2.24) is 9.97 Å². The van der Waals surface area contributed by atoms with Gasteiger partial charge in [-0.3, -0.25) is 0 Å². The third-order valence-corrected chi connectivity index (χ3v) is 4.88. The first-order valence-electron chi connectivity index (χ1n) is 8.96. The van der Waals surface area contributed by atoms with Crippen LogP contribution in [0.1, 0.15) is 13.8 Å². The van der Waals surface area contributed by atoms with E-state index >= 15 is 0 Å². The number of carboxylic acid groups (broad SMARTS) is 1. The molecule has 0 aliphatic carbocycles. The number of anilines is 1. The highest BCUT2D eigenvalue weighted by Gasteiger charge is 2.20. The molecule has 4 rings (SSSR count). The zero-order valence-electron chi connectivity index (χ0n) is 16.0. The molecule has 0 saturated heterocycles. The highest BCUT2D eigenvalue weighted by Crippen LogP contribution is 2.35. The molecular weight excluding hydrogens is 394 g/mol. The number of fused-ring (bicyclic) bond motifs is 2. The van der Waals surface area contributed by atoms with Gasteiger partial charge in [0.1, 0.15) is 17.0 Å². The molecule has 0 bridgehead atoms. The molecule has 0 radical (unpaired) electrons. The second-order valence-corrected chi connectivity index (χ2v) is 7.35. The lowest BCUT2D eigenvalue weighted by molar-refractivity contribution is 0.144. The second-order valence-electron chi connectivity index (χ2n) is 6.91. The summed E-state index contributed by atoms with van der Waals surface area (Å²) in [5.74, 6) is 1.37. The van der Waals surface area contributed by atoms with Gasteiger partial charge < -0.3 is 19.2 Å². The predicted octanol–water partition coefficient (Wildman–Crippen LogP) is 5.60. The van der Waals surface area contributed by atoms with Crippen molar-refractivity contribution in [2.45, 2.75) is 19.9 Å². The summed E-state index contributed by atoms with van der Waals surface area (Å²) in [5.41, 5.74) is 2.37. The van der Waals surface area contributed by atoms with Crippen LogP contribution in [-0.2, 0) is 0 Å². The van der Waals surface area contributed by atoms with Gasteiger partial charge >= 0.3 is 6.16 Å². The van der Waals surface area contributed by atoms with E-state index in [1.54, 1.807) is 30.3 Å². The van der Waals surface area contributed by atoms with Crippen LogP contribution in [-0.4, -0.2) is 34.3 Å². The van der Waals surface area contributed by atoms with Gasteiger partial charge in [0.2, 0.25) is 0 Å². The highest BCUT2D eigenvalue weighted by molar-refractivity contribution is 6.31. The molecule has 148 valence electrons. The lowest BCUT2D eigenvalue weighted by Gasteiger charge is -2.24. The van der Waals surface area contributed by atoms with Crippen molar-refractivity contribution in [3.05, 3.63) is 47.5 Å². The number of hydrogen-bond acceptors (Lipinski definition) is 6. The van der Waals surface area contributed by atoms with Gasteiger partial charge in [0.25, 0.3) is 0 Å². The van der Waals surface area contributed by atoms with Crippen molar-refractivity contribution in [2.24, 2.45) is 0 Å². The Balaban J connectivity index is 1.92. The molecule has 0 amide bonds. The van der Waals surface area contributed by atoms with Crippen LogP contribution in [0.15, 0.2) is 46.9 Å². The number of furan rings is 1. The molecule has 1 N–H and O–H groups in total. The molecule has 0 aliphatic rings. The van der Waals surface area contributed by atoms with Gasteiger partial charge in [-0.2, -0.15) is 0 Å². The van der Waals surface area contributed by atoms with Gasteiger partial charge in [-0.25, -0.2) is 14.8 Å². The van der Waals surface area contributed by atoms with Crippen LogP contribution in [0, 0.1) is 0 Å². The summed E-state index contributed by atoms with van der Waals surface area (Å²) in [6, 6.07) is 12.3. The van der Waals surface area contributed by atoms with Crippen LogP contribution in [0.25, 0.3) is 33.5 Å². The van der Waals surface area contributed by atoms with E-state index in [2.05, 4.69) is 0 Å². The predicted molar refractivity (Wildman–Crippen MR) is 112 cm³/mol. The Kier molecular flexibility index (Phi) is 4.76. The number of hydrogen-bond donors (Lipinski definition) is 1. The Morgan fingerprint density at radius 2 is 1.93 bits per heavy atom. The maximum Gasteiger partial charge on any atom is 0.511 e. The summed E-state index contributed by atoms with van der Waals surface area (Å²) in [4.78, 5) is 22.3. The van der Waals surface area contributed by atoms with Gasteiger partial charge in [0.15, 0.2) is 11.6 Å². The summed E-state index contributed by atoms with van der Waals surface area (Å²) in [7, 11) is 1.92. The van der Waals surface area contributed by atoms with E-state index in [-0.39, 0.29) is 11.8 Å². The number of aromatic nitrogens is 2. The van der Waals surface area contributed by atoms with Gasteiger partial charge in [-0.1, -0.05) is 11.6 Å². The average molecular weight is 412 g/mol. The third kappa shape index (κ3) is 3.69. The quantitative estimate of drug-likeness (QED) is 0.345. The Morgan fingerprint density at radius 1 is 1.14 bits per heavy atom. The SMILES string of the molecule is CC(C)N(C)c1nc2cc(OC(=O)O)ccc2nc1-c1cc2ccc(Cl)cc2o1. The Morgan fingerprint density at radius 3 is 2.66 bits per heavy atom. The minimum atomic E-state index is -1.38. The fraction of sp³-hybridized carbons (Fsp3) is 0.190. The summed E-state index contributed by atoms with van der Waals surface area (Å²) in [5, 5.41) is 10.4. The lowest BCUT2D eigenvalue weighted by Crippen LogP contribution is -2.27. The fourth-order valence-electron chi connectivity index (χ4n) is 2.97. The molecule has 0 atom stereocenters. The smallest absolute Gasteiger partial charge is 0.454 e. The standard InChI is InChI=1S/C21H18ClN3O4/c1-11(2)25(3)20-19(18-8-12-4-5-13(22)9-17(12)29-18)23-15-7-6-14(28-21(26)27)10-16(15)24-20/h4-11H,1-3H3,(H,26,27). The molecule has 2 heterocycles. The summed E-state index contributed by atoms with van der Waals surface area (Å²) in [6.45, 7) is 4.08. The van der Waals surface area contributed by atoms with E-state index in [1.807, 2.05) is 37.9 Å². The molecule has 2 aromatic carbocycles. The topological polar surface area (TPSA) is 88.7 Å². The first kappa shape index (κ1) is 19.0. The zero-order chi connectivity index (χ0) is 20.7. The summed E-state index contributed by atoms with van der Waals surface area (Å²) in [6.07, 6.45) is -1.38. The first-order chi connectivity index (χ1) is 13.8. The molecular formula is C21H18ClN3O4. The van der Waals surface area contributed by atoms with E-state index < -0.39 is 6.16 Å². The normalized spacial score (nSPS) is 11.3. The molecule has 0 saturated carbocycles. The van der Waals surface area contributed by atoms with E-state index in [9.17, 15) is 4.79 Å². The minimum absolute atomic E-state index is 0.151. The zero-order valence-corrected chi connectivity index (χ0v) is 16.8. The largest absolute Gasteiger partial charge is 0.511 e. The Bertz CT molecular complexity index is 1240. The maximum atomic E-state index is 10.8. The van der Waals surface area contributed by atoms with Crippen molar-refractivity contribution < 1.29 is 19.1 Å². The third-order valence-electron chi connectivity index (χ3n) is 4.65. The Hall–Kier alpha value is -3.32. The van der Waals surface area contributed by atoms with Gasteiger partial charge in [0, 0.05) is 35.6 Å². The van der Waals surface area contributed by atoms with Crippen molar-refractivity contribution in [1.29, 1.82) is 0 Å². The van der Waals surface area contributed by atoms with Crippen LogP contribution >= 0.6 is 11.6 Å². The molecule has 2 aromatic heterocycles. The Labute approximate surface area is 171 Å². The molecule has 0 unspecified atom stereocenters. The van der Waals surface area contributed by atoms with Crippen LogP contribution < -0.4 is 9.64 Å². The van der Waals surface area contributed by atoms with Crippen molar-refractivity contribution in [3.8, 4) is 17.2 Å². The van der Waals surface area contributed by atoms with Crippen LogP contribution in [0.2, 0.25) is 5.02 Å². The van der Waals surface area contributed by atoms with Crippen LogP contribution in [0.5, 0.6) is 5.75 Å². The first-order valence-corrected chi connectivity index (χ1v) is 9.34. The highest BCUT2D eigenvalue weighted by atomic mass is 35.5. The number of benzene rings is 2. The lowest BCUT2D eigenvalue weighted by atomic mass is 10.2. The number of rotatable bonds is 4. The number of ether oxygens (including phenoxy) is 1.